The van der Waals surface area contributed by atoms with Crippen LogP contribution >= 0.6 is 23.1 Å². The van der Waals surface area contributed by atoms with Crippen LogP contribution in [0.15, 0.2) is 47.8 Å². The van der Waals surface area contributed by atoms with Gasteiger partial charge in [-0.1, -0.05) is 55.9 Å². The number of benzene rings is 1. The molecule has 1 amide bonds. The number of carbonyl (C=O) groups is 1. The van der Waals surface area contributed by atoms with Gasteiger partial charge in [0.2, 0.25) is 5.91 Å². The molecular formula is C20H20N4OS2. The lowest BCUT2D eigenvalue weighted by Crippen LogP contribution is -2.49. The van der Waals surface area contributed by atoms with Gasteiger partial charge in [0.25, 0.3) is 0 Å². The molecule has 3 rings (SSSR count). The van der Waals surface area contributed by atoms with Crippen LogP contribution in [0.3, 0.4) is 0 Å². The first-order valence-electron chi connectivity index (χ1n) is 8.58. The van der Waals surface area contributed by atoms with E-state index in [1.54, 1.807) is 18.3 Å². The Kier molecular flexibility index (Phi) is 5.78. The van der Waals surface area contributed by atoms with Crippen LogP contribution in [0.4, 0.5) is 0 Å². The number of fused-ring (bicyclic) bond motifs is 1. The molecule has 0 radical (unpaired) electrons. The number of thioether (sulfide) groups is 1. The molecule has 1 N–H and O–H groups in total. The summed E-state index contributed by atoms with van der Waals surface area (Å²) in [7, 11) is 0. The first-order valence-corrected chi connectivity index (χ1v) is 10.4. The molecule has 2 aromatic heterocycles. The van der Waals surface area contributed by atoms with Crippen LogP contribution in [0, 0.1) is 17.2 Å². The fourth-order valence-electron chi connectivity index (χ4n) is 2.45. The monoisotopic (exact) mass is 396 g/mol. The summed E-state index contributed by atoms with van der Waals surface area (Å²) in [6.45, 7) is 5.58. The maximum absolute atomic E-state index is 12.3. The van der Waals surface area contributed by atoms with Gasteiger partial charge in [0.05, 0.1) is 11.8 Å². The van der Waals surface area contributed by atoms with Crippen LogP contribution in [0.1, 0.15) is 20.8 Å². The molecule has 0 aliphatic heterocycles. The van der Waals surface area contributed by atoms with Gasteiger partial charge in [0.1, 0.15) is 21.7 Å². The van der Waals surface area contributed by atoms with E-state index in [1.807, 2.05) is 32.0 Å². The lowest BCUT2D eigenvalue weighted by Gasteiger charge is -2.27. The minimum atomic E-state index is -0.874. The molecule has 0 unspecified atom stereocenters. The van der Waals surface area contributed by atoms with Gasteiger partial charge in [0.15, 0.2) is 0 Å². The summed E-state index contributed by atoms with van der Waals surface area (Å²) in [5.41, 5.74) is 0.262. The summed E-state index contributed by atoms with van der Waals surface area (Å²) in [4.78, 5) is 23.1. The standard InChI is InChI=1S/C20H20N4OS2/c1-13(2)20(3,11-21)24-17(25)10-26-18-15-9-16(14-7-5-4-6-8-14)27-19(15)23-12-22-18/h4-9,12-13H,10H2,1-3H3,(H,24,25)/t20-/m1/s1. The molecule has 27 heavy (non-hydrogen) atoms. The van der Waals surface area contributed by atoms with Crippen LogP contribution in [0.5, 0.6) is 0 Å². The van der Waals surface area contributed by atoms with Crippen LogP contribution in [-0.2, 0) is 4.79 Å². The quantitative estimate of drug-likeness (QED) is 0.490. The van der Waals surface area contributed by atoms with Gasteiger partial charge in [-0.25, -0.2) is 9.97 Å². The normalized spacial score (nSPS) is 13.3. The van der Waals surface area contributed by atoms with Crippen molar-refractivity contribution < 1.29 is 4.79 Å². The van der Waals surface area contributed by atoms with Crippen LogP contribution in [0.25, 0.3) is 20.7 Å². The Morgan fingerprint density at radius 2 is 2.07 bits per heavy atom. The Morgan fingerprint density at radius 3 is 2.74 bits per heavy atom. The molecule has 5 nitrogen and oxygen atoms in total. The van der Waals surface area contributed by atoms with E-state index in [0.717, 1.165) is 25.7 Å². The SMILES string of the molecule is CC(C)[C@@](C)(C#N)NC(=O)CSc1ncnc2sc(-c3ccccc3)cc12. The molecule has 0 saturated carbocycles. The van der Waals surface area contributed by atoms with Gasteiger partial charge in [-0.2, -0.15) is 5.26 Å². The number of nitriles is 1. The Labute approximate surface area is 166 Å². The number of hydrogen-bond acceptors (Lipinski definition) is 6. The van der Waals surface area contributed by atoms with Crippen LogP contribution in [0.2, 0.25) is 0 Å². The van der Waals surface area contributed by atoms with E-state index in [4.69, 9.17) is 0 Å². The Bertz CT molecular complexity index is 994. The molecule has 0 spiro atoms. The molecule has 0 fully saturated rings. The fourth-order valence-corrected chi connectivity index (χ4v) is 4.30. The van der Waals surface area contributed by atoms with Crippen molar-refractivity contribution in [1.29, 1.82) is 5.26 Å². The smallest absolute Gasteiger partial charge is 0.231 e. The molecule has 7 heteroatoms. The maximum atomic E-state index is 12.3. The summed E-state index contributed by atoms with van der Waals surface area (Å²) >= 11 is 2.97. The van der Waals surface area contributed by atoms with Gasteiger partial charge in [0, 0.05) is 10.3 Å². The highest BCUT2D eigenvalue weighted by molar-refractivity contribution is 8.00. The highest BCUT2D eigenvalue weighted by Gasteiger charge is 2.29. The minimum Gasteiger partial charge on any atom is -0.337 e. The molecule has 0 aliphatic rings. The van der Waals surface area contributed by atoms with E-state index in [9.17, 15) is 10.1 Å². The molecular weight excluding hydrogens is 376 g/mol. The van der Waals surface area contributed by atoms with Crippen molar-refractivity contribution in [2.45, 2.75) is 31.3 Å². The van der Waals surface area contributed by atoms with E-state index < -0.39 is 5.54 Å². The summed E-state index contributed by atoms with van der Waals surface area (Å²) in [6.07, 6.45) is 1.53. The third-order valence-electron chi connectivity index (χ3n) is 4.48. The summed E-state index contributed by atoms with van der Waals surface area (Å²) in [5, 5.41) is 13.9. The lowest BCUT2D eigenvalue weighted by atomic mass is 9.90. The molecule has 0 saturated heterocycles. The molecule has 1 aromatic carbocycles. The number of nitrogens with one attached hydrogen (secondary N) is 1. The lowest BCUT2D eigenvalue weighted by molar-refractivity contribution is -0.120. The number of thiophene rings is 1. The Morgan fingerprint density at radius 1 is 1.33 bits per heavy atom. The first-order chi connectivity index (χ1) is 12.9. The van der Waals surface area contributed by atoms with E-state index in [1.165, 1.54) is 18.1 Å². The minimum absolute atomic E-state index is 0.0208. The van der Waals surface area contributed by atoms with Crippen molar-refractivity contribution in [3.05, 3.63) is 42.7 Å². The second kappa shape index (κ2) is 8.07. The maximum Gasteiger partial charge on any atom is 0.231 e. The third kappa shape index (κ3) is 4.29. The summed E-state index contributed by atoms with van der Waals surface area (Å²) < 4.78 is 0. The van der Waals surface area contributed by atoms with Crippen molar-refractivity contribution in [3.63, 3.8) is 0 Å². The average molecular weight is 397 g/mol. The van der Waals surface area contributed by atoms with E-state index in [0.29, 0.717) is 0 Å². The fraction of sp³-hybridized carbons (Fsp3) is 0.300. The van der Waals surface area contributed by atoms with Crippen molar-refractivity contribution in [1.82, 2.24) is 15.3 Å². The molecule has 138 valence electrons. The number of hydrogen-bond donors (Lipinski definition) is 1. The van der Waals surface area contributed by atoms with Crippen LogP contribution in [-0.4, -0.2) is 27.2 Å². The van der Waals surface area contributed by atoms with Gasteiger partial charge in [-0.15, -0.1) is 11.3 Å². The predicted molar refractivity (Wildman–Crippen MR) is 111 cm³/mol. The molecule has 0 aliphatic carbocycles. The van der Waals surface area contributed by atoms with Crippen LogP contribution < -0.4 is 5.32 Å². The summed E-state index contributed by atoms with van der Waals surface area (Å²) in [5.74, 6) is 0.0441. The predicted octanol–water partition coefficient (Wildman–Crippen LogP) is 4.50. The summed E-state index contributed by atoms with van der Waals surface area (Å²) in [6, 6.07) is 14.4. The number of rotatable bonds is 6. The highest BCUT2D eigenvalue weighted by atomic mass is 32.2. The zero-order chi connectivity index (χ0) is 19.4. The third-order valence-corrected chi connectivity index (χ3v) is 6.57. The second-order valence-electron chi connectivity index (χ2n) is 6.68. The largest absolute Gasteiger partial charge is 0.337 e. The number of nitrogens with zero attached hydrogens (tertiary/aromatic N) is 3. The second-order valence-corrected chi connectivity index (χ2v) is 8.67. The van der Waals surface area contributed by atoms with Gasteiger partial charge in [-0.05, 0) is 24.5 Å². The zero-order valence-electron chi connectivity index (χ0n) is 15.4. The van der Waals surface area contributed by atoms with Gasteiger partial charge >= 0.3 is 0 Å². The van der Waals surface area contributed by atoms with E-state index in [-0.39, 0.29) is 17.6 Å². The number of amides is 1. The number of aromatic nitrogens is 2. The first kappa shape index (κ1) is 19.3. The van der Waals surface area contributed by atoms with Crippen molar-refractivity contribution in [2.75, 3.05) is 5.75 Å². The number of carbonyl (C=O) groups excluding carboxylic acids is 1. The van der Waals surface area contributed by atoms with Crippen molar-refractivity contribution in [2.24, 2.45) is 5.92 Å². The molecule has 1 atom stereocenters. The van der Waals surface area contributed by atoms with Gasteiger partial charge < -0.3 is 5.32 Å². The highest BCUT2D eigenvalue weighted by Crippen LogP contribution is 2.36. The topological polar surface area (TPSA) is 78.7 Å². The van der Waals surface area contributed by atoms with Crippen molar-refractivity contribution in [3.8, 4) is 16.5 Å². The Hall–Kier alpha value is -2.43. The van der Waals surface area contributed by atoms with Crippen molar-refractivity contribution >= 4 is 39.2 Å². The molecule has 2 heterocycles. The van der Waals surface area contributed by atoms with Gasteiger partial charge in [-0.3, -0.25) is 4.79 Å². The molecule has 0 bridgehead atoms. The zero-order valence-corrected chi connectivity index (χ0v) is 17.0. The van der Waals surface area contributed by atoms with E-state index in [2.05, 4.69) is 39.6 Å². The van der Waals surface area contributed by atoms with E-state index >= 15 is 0 Å². The average Bonchev–Trinajstić information content (AvgIpc) is 3.11. The molecule has 3 aromatic rings. The Balaban J connectivity index is 1.77.